The summed E-state index contributed by atoms with van der Waals surface area (Å²) >= 11 is 4.15. The van der Waals surface area contributed by atoms with Gasteiger partial charge in [0.15, 0.2) is 0 Å². The van der Waals surface area contributed by atoms with Gasteiger partial charge in [0, 0.05) is 16.4 Å². The van der Waals surface area contributed by atoms with Crippen LogP contribution in [0.25, 0.3) is 0 Å². The molecular weight excluding hydrogens is 371 g/mol. The van der Waals surface area contributed by atoms with Gasteiger partial charge in [-0.25, -0.2) is 4.98 Å². The number of halogens is 4. The second-order valence-electron chi connectivity index (χ2n) is 3.97. The van der Waals surface area contributed by atoms with Crippen LogP contribution in [0.1, 0.15) is 21.1 Å². The number of carbonyl (C=O) groups excluding carboxylic acids is 1. The molecular formula is C12H9BrF3N3OS. The molecule has 2 aromatic rings. The number of carbonyl (C=O) groups is 1. The molecule has 1 amide bonds. The standard InChI is InChI=1S/C12H9BrF3N3OS/c13-6-1-2-8(7(3-6)12(14,15)16)19-11(20)9-5-21-10(4-17)18-9/h1-3,5H,4,17H2,(H,19,20). The van der Waals surface area contributed by atoms with Crippen LogP contribution in [-0.2, 0) is 12.7 Å². The van der Waals surface area contributed by atoms with Crippen molar-refractivity contribution in [2.24, 2.45) is 5.73 Å². The van der Waals surface area contributed by atoms with Gasteiger partial charge in [-0.3, -0.25) is 4.79 Å². The molecule has 3 N–H and O–H groups in total. The van der Waals surface area contributed by atoms with Crippen molar-refractivity contribution in [3.63, 3.8) is 0 Å². The van der Waals surface area contributed by atoms with E-state index >= 15 is 0 Å². The van der Waals surface area contributed by atoms with Crippen LogP contribution < -0.4 is 11.1 Å². The molecule has 1 heterocycles. The second kappa shape index (κ2) is 6.12. The molecule has 0 saturated heterocycles. The number of anilines is 1. The van der Waals surface area contributed by atoms with Gasteiger partial charge in [-0.05, 0) is 18.2 Å². The summed E-state index contributed by atoms with van der Waals surface area (Å²) in [5, 5.41) is 4.20. The van der Waals surface area contributed by atoms with Gasteiger partial charge in [-0.15, -0.1) is 11.3 Å². The SMILES string of the molecule is NCc1nc(C(=O)Nc2ccc(Br)cc2C(F)(F)F)cs1. The molecule has 0 aliphatic carbocycles. The van der Waals surface area contributed by atoms with Crippen LogP contribution in [0, 0.1) is 0 Å². The summed E-state index contributed by atoms with van der Waals surface area (Å²) in [6.45, 7) is 0.171. The first-order valence-electron chi connectivity index (χ1n) is 5.64. The van der Waals surface area contributed by atoms with Gasteiger partial charge < -0.3 is 11.1 Å². The number of rotatable bonds is 3. The molecule has 0 atom stereocenters. The highest BCUT2D eigenvalue weighted by molar-refractivity contribution is 9.10. The lowest BCUT2D eigenvalue weighted by Crippen LogP contribution is -2.17. The van der Waals surface area contributed by atoms with Gasteiger partial charge >= 0.3 is 6.18 Å². The first-order chi connectivity index (χ1) is 9.81. The molecule has 0 saturated carbocycles. The number of aromatic nitrogens is 1. The van der Waals surface area contributed by atoms with E-state index in [-0.39, 0.29) is 22.4 Å². The number of amides is 1. The van der Waals surface area contributed by atoms with Crippen LogP contribution in [0.5, 0.6) is 0 Å². The van der Waals surface area contributed by atoms with Gasteiger partial charge in [-0.2, -0.15) is 13.2 Å². The molecule has 0 spiro atoms. The fourth-order valence-electron chi connectivity index (χ4n) is 1.56. The summed E-state index contributed by atoms with van der Waals surface area (Å²) in [6, 6.07) is 3.50. The minimum Gasteiger partial charge on any atom is -0.325 e. The maximum Gasteiger partial charge on any atom is 0.418 e. The van der Waals surface area contributed by atoms with Gasteiger partial charge in [0.05, 0.1) is 11.3 Å². The molecule has 1 aromatic heterocycles. The Hall–Kier alpha value is -1.45. The molecule has 0 aliphatic heterocycles. The van der Waals surface area contributed by atoms with E-state index < -0.39 is 17.6 Å². The predicted molar refractivity (Wildman–Crippen MR) is 77.1 cm³/mol. The predicted octanol–water partition coefficient (Wildman–Crippen LogP) is 3.64. The Bertz CT molecular complexity index is 672. The van der Waals surface area contributed by atoms with E-state index in [1.807, 2.05) is 0 Å². The number of nitrogens with two attached hydrogens (primary N) is 1. The van der Waals surface area contributed by atoms with Crippen molar-refractivity contribution in [1.82, 2.24) is 4.98 Å². The number of hydrogen-bond acceptors (Lipinski definition) is 4. The van der Waals surface area contributed by atoms with Crippen molar-refractivity contribution in [3.8, 4) is 0 Å². The lowest BCUT2D eigenvalue weighted by Gasteiger charge is -2.13. The molecule has 0 fully saturated rings. The number of thiazole rings is 1. The van der Waals surface area contributed by atoms with Crippen LogP contribution in [0.2, 0.25) is 0 Å². The largest absolute Gasteiger partial charge is 0.418 e. The highest BCUT2D eigenvalue weighted by Gasteiger charge is 2.34. The van der Waals surface area contributed by atoms with E-state index in [1.54, 1.807) is 0 Å². The van der Waals surface area contributed by atoms with E-state index in [2.05, 4.69) is 26.2 Å². The van der Waals surface area contributed by atoms with E-state index in [0.717, 1.165) is 6.07 Å². The summed E-state index contributed by atoms with van der Waals surface area (Å²) in [6.07, 6.45) is -4.57. The highest BCUT2D eigenvalue weighted by atomic mass is 79.9. The van der Waals surface area contributed by atoms with Gasteiger partial charge in [-0.1, -0.05) is 15.9 Å². The fourth-order valence-corrected chi connectivity index (χ4v) is 2.57. The first kappa shape index (κ1) is 15.9. The van der Waals surface area contributed by atoms with E-state index in [9.17, 15) is 18.0 Å². The summed E-state index contributed by atoms with van der Waals surface area (Å²) < 4.78 is 39.1. The van der Waals surface area contributed by atoms with Crippen LogP contribution in [0.3, 0.4) is 0 Å². The van der Waals surface area contributed by atoms with E-state index in [1.165, 1.54) is 28.8 Å². The number of nitrogens with zero attached hydrogens (tertiary/aromatic N) is 1. The lowest BCUT2D eigenvalue weighted by atomic mass is 10.1. The Kier molecular flexibility index (Phi) is 4.64. The van der Waals surface area contributed by atoms with Crippen LogP contribution >= 0.6 is 27.3 Å². The minimum absolute atomic E-state index is 0.0384. The average molecular weight is 380 g/mol. The summed E-state index contributed by atoms with van der Waals surface area (Å²) in [4.78, 5) is 15.8. The number of alkyl halides is 3. The molecule has 0 radical (unpaired) electrons. The number of hydrogen-bond donors (Lipinski definition) is 2. The Balaban J connectivity index is 2.29. The molecule has 2 rings (SSSR count). The van der Waals surface area contributed by atoms with Crippen molar-refractivity contribution in [2.75, 3.05) is 5.32 Å². The maximum absolute atomic E-state index is 12.9. The number of benzene rings is 1. The molecule has 0 aliphatic rings. The van der Waals surface area contributed by atoms with Crippen LogP contribution in [-0.4, -0.2) is 10.9 Å². The Morgan fingerprint density at radius 1 is 1.43 bits per heavy atom. The maximum atomic E-state index is 12.9. The smallest absolute Gasteiger partial charge is 0.325 e. The third-order valence-electron chi connectivity index (χ3n) is 2.49. The molecule has 0 bridgehead atoms. The van der Waals surface area contributed by atoms with Crippen molar-refractivity contribution in [2.45, 2.75) is 12.7 Å². The van der Waals surface area contributed by atoms with E-state index in [0.29, 0.717) is 5.01 Å². The third kappa shape index (κ3) is 3.80. The second-order valence-corrected chi connectivity index (χ2v) is 5.83. The lowest BCUT2D eigenvalue weighted by molar-refractivity contribution is -0.136. The summed E-state index contributed by atoms with van der Waals surface area (Å²) in [5.74, 6) is -0.709. The normalized spacial score (nSPS) is 11.5. The summed E-state index contributed by atoms with van der Waals surface area (Å²) in [5.41, 5.74) is 4.16. The summed E-state index contributed by atoms with van der Waals surface area (Å²) in [7, 11) is 0. The monoisotopic (exact) mass is 379 g/mol. The van der Waals surface area contributed by atoms with Crippen molar-refractivity contribution in [1.29, 1.82) is 0 Å². The molecule has 21 heavy (non-hydrogen) atoms. The Labute approximate surface area is 130 Å². The van der Waals surface area contributed by atoms with Crippen LogP contribution in [0.15, 0.2) is 28.1 Å². The van der Waals surface area contributed by atoms with Crippen LogP contribution in [0.4, 0.5) is 18.9 Å². The third-order valence-corrected chi connectivity index (χ3v) is 3.86. The Morgan fingerprint density at radius 2 is 2.14 bits per heavy atom. The highest BCUT2D eigenvalue weighted by Crippen LogP contribution is 2.36. The fraction of sp³-hybridized carbons (Fsp3) is 0.167. The van der Waals surface area contributed by atoms with Crippen molar-refractivity contribution < 1.29 is 18.0 Å². The van der Waals surface area contributed by atoms with E-state index in [4.69, 9.17) is 5.73 Å². The van der Waals surface area contributed by atoms with Gasteiger partial charge in [0.2, 0.25) is 0 Å². The molecule has 4 nitrogen and oxygen atoms in total. The van der Waals surface area contributed by atoms with Crippen molar-refractivity contribution >= 4 is 38.9 Å². The van der Waals surface area contributed by atoms with Crippen molar-refractivity contribution in [3.05, 3.63) is 44.3 Å². The minimum atomic E-state index is -4.57. The zero-order chi connectivity index (χ0) is 15.6. The molecule has 0 unspecified atom stereocenters. The first-order valence-corrected chi connectivity index (χ1v) is 7.31. The quantitative estimate of drug-likeness (QED) is 0.855. The average Bonchev–Trinajstić information content (AvgIpc) is 2.88. The topological polar surface area (TPSA) is 68.0 Å². The molecule has 1 aromatic carbocycles. The van der Waals surface area contributed by atoms with Gasteiger partial charge in [0.25, 0.3) is 5.91 Å². The van der Waals surface area contributed by atoms with Gasteiger partial charge in [0.1, 0.15) is 10.7 Å². The number of nitrogens with one attached hydrogen (secondary N) is 1. The zero-order valence-electron chi connectivity index (χ0n) is 10.4. The molecule has 112 valence electrons. The Morgan fingerprint density at radius 3 is 2.71 bits per heavy atom. The zero-order valence-corrected chi connectivity index (χ0v) is 12.8. The molecule has 9 heteroatoms.